The third kappa shape index (κ3) is 4.04. The number of rotatable bonds is 7. The highest BCUT2D eigenvalue weighted by Gasteiger charge is 2.35. The summed E-state index contributed by atoms with van der Waals surface area (Å²) in [7, 11) is -1.45. The molecule has 1 aromatic carbocycles. The van der Waals surface area contributed by atoms with E-state index in [9.17, 15) is 8.60 Å². The molecule has 3 nitrogen and oxygen atoms in total. The lowest BCUT2D eigenvalue weighted by molar-refractivity contribution is 0.462. The molecule has 0 bridgehead atoms. The van der Waals surface area contributed by atoms with Crippen molar-refractivity contribution in [2.75, 3.05) is 5.73 Å². The highest BCUT2D eigenvalue weighted by atomic mass is 32.2. The van der Waals surface area contributed by atoms with E-state index in [1.54, 1.807) is 12.1 Å². The van der Waals surface area contributed by atoms with E-state index in [4.69, 9.17) is 10.9 Å². The molecule has 21 heavy (non-hydrogen) atoms. The van der Waals surface area contributed by atoms with E-state index in [0.717, 1.165) is 24.3 Å². The standard InChI is InChI=1S/C16H25FN2OS/c1-16(2,21(19)20)13(5-3-4-11-6-7-11)12-8-9-14(17)15(18)10-12/h8-11,13H,3-7,18-19H2,1-2H3. The zero-order chi connectivity index (χ0) is 15.6. The number of anilines is 1. The summed E-state index contributed by atoms with van der Waals surface area (Å²) in [6.07, 6.45) is 5.85. The molecule has 0 spiro atoms. The Labute approximate surface area is 128 Å². The monoisotopic (exact) mass is 312 g/mol. The molecule has 0 aliphatic heterocycles. The summed E-state index contributed by atoms with van der Waals surface area (Å²) >= 11 is 0. The van der Waals surface area contributed by atoms with Crippen LogP contribution in [0.3, 0.4) is 0 Å². The first-order valence-corrected chi connectivity index (χ1v) is 8.75. The molecule has 2 atom stereocenters. The molecule has 2 rings (SSSR count). The molecule has 0 heterocycles. The van der Waals surface area contributed by atoms with E-state index >= 15 is 0 Å². The van der Waals surface area contributed by atoms with Crippen LogP contribution in [0.2, 0.25) is 0 Å². The van der Waals surface area contributed by atoms with Crippen molar-refractivity contribution < 1.29 is 8.60 Å². The van der Waals surface area contributed by atoms with Crippen LogP contribution in [0.4, 0.5) is 10.1 Å². The van der Waals surface area contributed by atoms with Crippen molar-refractivity contribution in [3.05, 3.63) is 29.6 Å². The molecule has 5 heteroatoms. The molecule has 2 unspecified atom stereocenters. The molecule has 0 saturated heterocycles. The summed E-state index contributed by atoms with van der Waals surface area (Å²) in [6, 6.07) is 4.78. The summed E-state index contributed by atoms with van der Waals surface area (Å²) < 4.78 is 24.7. The third-order valence-electron chi connectivity index (χ3n) is 4.58. The van der Waals surface area contributed by atoms with Crippen LogP contribution in [0.25, 0.3) is 0 Å². The highest BCUT2D eigenvalue weighted by Crippen LogP contribution is 2.40. The first-order valence-electron chi connectivity index (χ1n) is 7.53. The Hall–Kier alpha value is -0.940. The highest BCUT2D eigenvalue weighted by molar-refractivity contribution is 7.84. The largest absolute Gasteiger partial charge is 0.396 e. The lowest BCUT2D eigenvalue weighted by Crippen LogP contribution is -2.38. The first-order chi connectivity index (χ1) is 9.82. The maximum atomic E-state index is 13.4. The van der Waals surface area contributed by atoms with Crippen LogP contribution in [-0.4, -0.2) is 8.96 Å². The van der Waals surface area contributed by atoms with Gasteiger partial charge in [-0.1, -0.05) is 31.7 Å². The molecular weight excluding hydrogens is 287 g/mol. The summed E-state index contributed by atoms with van der Waals surface area (Å²) in [5, 5.41) is 5.69. The minimum absolute atomic E-state index is 0.0185. The fourth-order valence-corrected chi connectivity index (χ4v) is 3.39. The predicted molar refractivity (Wildman–Crippen MR) is 86.5 cm³/mol. The van der Waals surface area contributed by atoms with Gasteiger partial charge in [-0.3, -0.25) is 5.14 Å². The van der Waals surface area contributed by atoms with Gasteiger partial charge >= 0.3 is 0 Å². The molecule has 0 amide bonds. The van der Waals surface area contributed by atoms with Crippen LogP contribution in [0.15, 0.2) is 18.2 Å². The fourth-order valence-electron chi connectivity index (χ4n) is 2.85. The first kappa shape index (κ1) is 16.4. The normalized spacial score (nSPS) is 18.5. The van der Waals surface area contributed by atoms with Crippen molar-refractivity contribution in [2.45, 2.75) is 56.6 Å². The van der Waals surface area contributed by atoms with Crippen molar-refractivity contribution in [1.82, 2.24) is 0 Å². The maximum Gasteiger partial charge on any atom is 0.146 e. The van der Waals surface area contributed by atoms with Gasteiger partial charge in [-0.15, -0.1) is 0 Å². The summed E-state index contributed by atoms with van der Waals surface area (Å²) in [5.74, 6) is 0.475. The molecule has 1 aliphatic rings. The van der Waals surface area contributed by atoms with Crippen LogP contribution in [0.1, 0.15) is 57.4 Å². The zero-order valence-electron chi connectivity index (χ0n) is 12.8. The molecule has 1 fully saturated rings. The Morgan fingerprint density at radius 1 is 1.43 bits per heavy atom. The smallest absolute Gasteiger partial charge is 0.146 e. The van der Waals surface area contributed by atoms with Crippen LogP contribution in [0, 0.1) is 11.7 Å². The van der Waals surface area contributed by atoms with Crippen LogP contribution in [0.5, 0.6) is 0 Å². The number of hydrogen-bond donors (Lipinski definition) is 2. The van der Waals surface area contributed by atoms with Crippen molar-refractivity contribution in [3.63, 3.8) is 0 Å². The average molecular weight is 312 g/mol. The summed E-state index contributed by atoms with van der Waals surface area (Å²) in [5.41, 5.74) is 6.74. The SMILES string of the molecule is CC(C)(C(CCCC1CC1)c1ccc(F)c(N)c1)S(N)=O. The van der Waals surface area contributed by atoms with Crippen molar-refractivity contribution in [3.8, 4) is 0 Å². The van der Waals surface area contributed by atoms with Gasteiger partial charge in [-0.05, 0) is 43.9 Å². The Morgan fingerprint density at radius 3 is 2.62 bits per heavy atom. The second-order valence-electron chi connectivity index (χ2n) is 6.61. The summed E-state index contributed by atoms with van der Waals surface area (Å²) in [6.45, 7) is 3.81. The molecule has 118 valence electrons. The van der Waals surface area contributed by atoms with Crippen LogP contribution >= 0.6 is 0 Å². The van der Waals surface area contributed by atoms with E-state index in [2.05, 4.69) is 0 Å². The zero-order valence-corrected chi connectivity index (χ0v) is 13.6. The van der Waals surface area contributed by atoms with Gasteiger partial charge in [0.05, 0.1) is 21.4 Å². The molecule has 4 N–H and O–H groups in total. The minimum atomic E-state index is -1.45. The number of hydrogen-bond acceptors (Lipinski definition) is 2. The maximum absolute atomic E-state index is 13.4. The molecule has 1 aromatic rings. The Balaban J connectivity index is 2.20. The lowest BCUT2D eigenvalue weighted by Gasteiger charge is -2.32. The van der Waals surface area contributed by atoms with Gasteiger partial charge in [0.2, 0.25) is 0 Å². The van der Waals surface area contributed by atoms with Gasteiger partial charge in [0.15, 0.2) is 0 Å². The van der Waals surface area contributed by atoms with Gasteiger partial charge in [0, 0.05) is 5.92 Å². The van der Waals surface area contributed by atoms with E-state index in [-0.39, 0.29) is 11.6 Å². The van der Waals surface area contributed by atoms with E-state index < -0.39 is 21.5 Å². The Bertz CT molecular complexity index is 529. The fraction of sp³-hybridized carbons (Fsp3) is 0.625. The Kier molecular flexibility index (Phi) is 5.04. The Morgan fingerprint density at radius 2 is 2.10 bits per heavy atom. The minimum Gasteiger partial charge on any atom is -0.396 e. The molecule has 0 radical (unpaired) electrons. The van der Waals surface area contributed by atoms with E-state index in [0.29, 0.717) is 0 Å². The average Bonchev–Trinajstić information content (AvgIpc) is 3.22. The molecule has 0 aromatic heterocycles. The molecule has 1 saturated carbocycles. The number of halogens is 1. The van der Waals surface area contributed by atoms with Gasteiger partial charge in [0.1, 0.15) is 5.82 Å². The van der Waals surface area contributed by atoms with Crippen molar-refractivity contribution in [2.24, 2.45) is 11.1 Å². The third-order valence-corrected chi connectivity index (χ3v) is 5.90. The second-order valence-corrected chi connectivity index (χ2v) is 8.26. The second kappa shape index (κ2) is 6.44. The van der Waals surface area contributed by atoms with E-state index in [1.165, 1.54) is 25.3 Å². The van der Waals surface area contributed by atoms with Gasteiger partial charge < -0.3 is 5.73 Å². The topological polar surface area (TPSA) is 69.1 Å². The number of benzene rings is 1. The van der Waals surface area contributed by atoms with E-state index in [1.807, 2.05) is 13.8 Å². The molecule has 1 aliphatic carbocycles. The lowest BCUT2D eigenvalue weighted by atomic mass is 9.83. The summed E-state index contributed by atoms with van der Waals surface area (Å²) in [4.78, 5) is 0. The van der Waals surface area contributed by atoms with Gasteiger partial charge in [-0.25, -0.2) is 8.60 Å². The van der Waals surface area contributed by atoms with Gasteiger partial charge in [-0.2, -0.15) is 0 Å². The number of nitrogens with two attached hydrogens (primary N) is 2. The van der Waals surface area contributed by atoms with Crippen molar-refractivity contribution >= 4 is 16.7 Å². The predicted octanol–water partition coefficient (Wildman–Crippen LogP) is 3.47. The molecular formula is C16H25FN2OS. The van der Waals surface area contributed by atoms with Crippen LogP contribution in [-0.2, 0) is 11.0 Å². The quantitative estimate of drug-likeness (QED) is 0.757. The van der Waals surface area contributed by atoms with Crippen molar-refractivity contribution in [1.29, 1.82) is 0 Å². The van der Waals surface area contributed by atoms with Gasteiger partial charge in [0.25, 0.3) is 0 Å². The van der Waals surface area contributed by atoms with Crippen LogP contribution < -0.4 is 10.9 Å². The number of nitrogen functional groups attached to an aromatic ring is 1.